The van der Waals surface area contributed by atoms with Crippen molar-refractivity contribution in [2.24, 2.45) is 10.4 Å². The number of nitrogens with zero attached hydrogens (tertiary/aromatic N) is 2. The van der Waals surface area contributed by atoms with Crippen LogP contribution in [-0.2, 0) is 4.74 Å². The predicted molar refractivity (Wildman–Crippen MR) is 122 cm³/mol. The number of nitrogens with one attached hydrogen (secondary N) is 2. The minimum absolute atomic E-state index is 0. The fourth-order valence-corrected chi connectivity index (χ4v) is 4.26. The minimum atomic E-state index is 0. The van der Waals surface area contributed by atoms with Gasteiger partial charge < -0.3 is 20.3 Å². The Balaban J connectivity index is 0.00000338. The van der Waals surface area contributed by atoms with Crippen LogP contribution in [0.3, 0.4) is 0 Å². The molecule has 0 atom stereocenters. The standard InChI is InChI=1S/C20H40N4O.HI/c1-3-25-17-12-20(10-6-7-11-20)18-23-19(21-2)22-13-16-24-14-8-4-5-9-15-24;/h3-18H2,1-2H3,(H2,21,22,23);1H. The smallest absolute Gasteiger partial charge is 0.191 e. The lowest BCUT2D eigenvalue weighted by molar-refractivity contribution is 0.105. The summed E-state index contributed by atoms with van der Waals surface area (Å²) in [5, 5.41) is 7.11. The van der Waals surface area contributed by atoms with Crippen molar-refractivity contribution in [3.8, 4) is 0 Å². The maximum Gasteiger partial charge on any atom is 0.191 e. The van der Waals surface area contributed by atoms with Crippen molar-refractivity contribution in [1.29, 1.82) is 0 Å². The van der Waals surface area contributed by atoms with Crippen molar-refractivity contribution in [2.45, 2.75) is 64.7 Å². The molecule has 0 radical (unpaired) electrons. The van der Waals surface area contributed by atoms with Crippen LogP contribution in [0, 0.1) is 5.41 Å². The van der Waals surface area contributed by atoms with Gasteiger partial charge in [0, 0.05) is 39.9 Å². The predicted octanol–water partition coefficient (Wildman–Crippen LogP) is 3.63. The lowest BCUT2D eigenvalue weighted by atomic mass is 9.83. The number of likely N-dealkylation sites (tertiary alicyclic amines) is 1. The number of ether oxygens (including phenoxy) is 1. The van der Waals surface area contributed by atoms with Gasteiger partial charge in [-0.1, -0.05) is 25.7 Å². The molecule has 6 heteroatoms. The fraction of sp³-hybridized carbons (Fsp3) is 0.950. The van der Waals surface area contributed by atoms with E-state index in [1.54, 1.807) is 0 Å². The second-order valence-electron chi connectivity index (χ2n) is 7.76. The number of hydrogen-bond donors (Lipinski definition) is 2. The zero-order valence-electron chi connectivity index (χ0n) is 17.0. The van der Waals surface area contributed by atoms with Crippen LogP contribution >= 0.6 is 24.0 Å². The van der Waals surface area contributed by atoms with Crippen LogP contribution in [0.5, 0.6) is 0 Å². The summed E-state index contributed by atoms with van der Waals surface area (Å²) in [6.07, 6.45) is 12.0. The van der Waals surface area contributed by atoms with Gasteiger partial charge in [-0.05, 0) is 57.5 Å². The van der Waals surface area contributed by atoms with Gasteiger partial charge in [0.25, 0.3) is 0 Å². The fourth-order valence-electron chi connectivity index (χ4n) is 4.26. The Bertz CT molecular complexity index is 378. The normalized spacial score (nSPS) is 21.1. The summed E-state index contributed by atoms with van der Waals surface area (Å²) in [6, 6.07) is 0. The van der Waals surface area contributed by atoms with Gasteiger partial charge in [0.1, 0.15) is 0 Å². The lowest BCUT2D eigenvalue weighted by Gasteiger charge is -2.30. The molecule has 0 aromatic rings. The van der Waals surface area contributed by atoms with Crippen LogP contribution in [0.2, 0.25) is 0 Å². The van der Waals surface area contributed by atoms with Crippen LogP contribution in [-0.4, -0.2) is 63.8 Å². The summed E-state index contributed by atoms with van der Waals surface area (Å²) in [5.74, 6) is 0.956. The molecule has 2 rings (SSSR count). The second kappa shape index (κ2) is 14.0. The van der Waals surface area contributed by atoms with E-state index in [0.717, 1.165) is 38.8 Å². The van der Waals surface area contributed by atoms with Gasteiger partial charge in [0.15, 0.2) is 5.96 Å². The molecule has 0 bridgehead atoms. The Hall–Kier alpha value is -0.0800. The molecule has 1 aliphatic carbocycles. The first-order chi connectivity index (χ1) is 12.3. The zero-order chi connectivity index (χ0) is 17.8. The molecule has 0 unspecified atom stereocenters. The molecular formula is C20H41IN4O. The quantitative estimate of drug-likeness (QED) is 0.229. The zero-order valence-corrected chi connectivity index (χ0v) is 19.4. The monoisotopic (exact) mass is 480 g/mol. The van der Waals surface area contributed by atoms with Crippen LogP contribution in [0.1, 0.15) is 64.7 Å². The molecule has 154 valence electrons. The molecule has 2 aliphatic rings. The first kappa shape index (κ1) is 24.0. The third kappa shape index (κ3) is 8.74. The topological polar surface area (TPSA) is 48.9 Å². The van der Waals surface area contributed by atoms with E-state index >= 15 is 0 Å². The van der Waals surface area contributed by atoms with Crippen molar-refractivity contribution in [2.75, 3.05) is 53.0 Å². The van der Waals surface area contributed by atoms with Crippen molar-refractivity contribution >= 4 is 29.9 Å². The van der Waals surface area contributed by atoms with E-state index in [1.807, 2.05) is 7.05 Å². The molecule has 5 nitrogen and oxygen atoms in total. The summed E-state index contributed by atoms with van der Waals surface area (Å²) >= 11 is 0. The van der Waals surface area contributed by atoms with Crippen molar-refractivity contribution < 1.29 is 4.74 Å². The molecule has 1 heterocycles. The van der Waals surface area contributed by atoms with Gasteiger partial charge in [-0.25, -0.2) is 0 Å². The Morgan fingerprint density at radius 2 is 1.73 bits per heavy atom. The number of aliphatic imine (C=N–C) groups is 1. The molecule has 1 saturated carbocycles. The molecule has 0 amide bonds. The van der Waals surface area contributed by atoms with Gasteiger partial charge in [-0.15, -0.1) is 24.0 Å². The van der Waals surface area contributed by atoms with Gasteiger partial charge in [0.2, 0.25) is 0 Å². The Labute approximate surface area is 178 Å². The summed E-state index contributed by atoms with van der Waals surface area (Å²) in [7, 11) is 1.88. The molecular weight excluding hydrogens is 439 g/mol. The summed E-state index contributed by atoms with van der Waals surface area (Å²) < 4.78 is 5.62. The van der Waals surface area contributed by atoms with Crippen molar-refractivity contribution in [3.05, 3.63) is 0 Å². The maximum absolute atomic E-state index is 5.62. The van der Waals surface area contributed by atoms with Crippen LogP contribution in [0.15, 0.2) is 4.99 Å². The summed E-state index contributed by atoms with van der Waals surface area (Å²) in [6.45, 7) is 9.42. The minimum Gasteiger partial charge on any atom is -0.382 e. The number of halogens is 1. The average molecular weight is 480 g/mol. The highest BCUT2D eigenvalue weighted by molar-refractivity contribution is 14.0. The van der Waals surface area contributed by atoms with E-state index in [-0.39, 0.29) is 24.0 Å². The number of guanidine groups is 1. The van der Waals surface area contributed by atoms with E-state index in [2.05, 4.69) is 27.4 Å². The third-order valence-electron chi connectivity index (χ3n) is 5.92. The van der Waals surface area contributed by atoms with Gasteiger partial charge >= 0.3 is 0 Å². The highest BCUT2D eigenvalue weighted by atomic mass is 127. The second-order valence-corrected chi connectivity index (χ2v) is 7.76. The van der Waals surface area contributed by atoms with E-state index in [0.29, 0.717) is 5.41 Å². The van der Waals surface area contributed by atoms with E-state index in [9.17, 15) is 0 Å². The highest BCUT2D eigenvalue weighted by Crippen LogP contribution is 2.40. The van der Waals surface area contributed by atoms with Crippen LogP contribution in [0.25, 0.3) is 0 Å². The Morgan fingerprint density at radius 1 is 1.04 bits per heavy atom. The molecule has 1 aliphatic heterocycles. The van der Waals surface area contributed by atoms with E-state index in [1.165, 1.54) is 70.9 Å². The van der Waals surface area contributed by atoms with Gasteiger partial charge in [-0.3, -0.25) is 4.99 Å². The molecule has 2 N–H and O–H groups in total. The molecule has 0 spiro atoms. The Kier molecular flexibility index (Phi) is 12.9. The first-order valence-corrected chi connectivity index (χ1v) is 10.5. The molecule has 0 aromatic heterocycles. The van der Waals surface area contributed by atoms with Gasteiger partial charge in [0.05, 0.1) is 0 Å². The lowest BCUT2D eigenvalue weighted by Crippen LogP contribution is -2.45. The summed E-state index contributed by atoms with van der Waals surface area (Å²) in [4.78, 5) is 7.01. The molecule has 1 saturated heterocycles. The highest BCUT2D eigenvalue weighted by Gasteiger charge is 2.33. The Morgan fingerprint density at radius 3 is 2.35 bits per heavy atom. The average Bonchev–Trinajstić information content (AvgIpc) is 2.93. The van der Waals surface area contributed by atoms with Gasteiger partial charge in [-0.2, -0.15) is 0 Å². The van der Waals surface area contributed by atoms with Crippen molar-refractivity contribution in [3.63, 3.8) is 0 Å². The first-order valence-electron chi connectivity index (χ1n) is 10.5. The number of rotatable bonds is 9. The third-order valence-corrected chi connectivity index (χ3v) is 5.92. The molecule has 0 aromatic carbocycles. The maximum atomic E-state index is 5.62. The van der Waals surface area contributed by atoms with E-state index in [4.69, 9.17) is 4.74 Å². The molecule has 2 fully saturated rings. The van der Waals surface area contributed by atoms with Crippen LogP contribution in [0.4, 0.5) is 0 Å². The van der Waals surface area contributed by atoms with E-state index < -0.39 is 0 Å². The largest absolute Gasteiger partial charge is 0.382 e. The number of hydrogen-bond acceptors (Lipinski definition) is 3. The summed E-state index contributed by atoms with van der Waals surface area (Å²) in [5.41, 5.74) is 0.400. The van der Waals surface area contributed by atoms with Crippen molar-refractivity contribution in [1.82, 2.24) is 15.5 Å². The van der Waals surface area contributed by atoms with Crippen LogP contribution < -0.4 is 10.6 Å². The SMILES string of the molecule is CCOCCC1(CNC(=NC)NCCN2CCCCCC2)CCCC1.I. The molecule has 26 heavy (non-hydrogen) atoms.